The molecule has 0 N–H and O–H groups in total. The Hall–Kier alpha value is -3.33. The molecule has 0 spiro atoms. The summed E-state index contributed by atoms with van der Waals surface area (Å²) >= 11 is 1.20. The zero-order valence-electron chi connectivity index (χ0n) is 17.0. The molecule has 9 heteroatoms. The van der Waals surface area contributed by atoms with E-state index >= 15 is 0 Å². The summed E-state index contributed by atoms with van der Waals surface area (Å²) in [6, 6.07) is 9.40. The van der Waals surface area contributed by atoms with Crippen molar-refractivity contribution in [3.05, 3.63) is 62.8 Å². The van der Waals surface area contributed by atoms with Gasteiger partial charge in [-0.25, -0.2) is 9.78 Å². The third kappa shape index (κ3) is 3.65. The molecule has 0 atom stereocenters. The molecule has 1 aliphatic rings. The Balaban J connectivity index is 1.38. The quantitative estimate of drug-likeness (QED) is 0.447. The highest BCUT2D eigenvalue weighted by Gasteiger charge is 2.23. The molecule has 1 aliphatic heterocycles. The predicted octanol–water partition coefficient (Wildman–Crippen LogP) is 3.90. The Morgan fingerprint density at radius 3 is 2.87 bits per heavy atom. The minimum absolute atomic E-state index is 0.0703. The van der Waals surface area contributed by atoms with Gasteiger partial charge in [-0.15, -0.1) is 11.3 Å². The number of hydrogen-bond acceptors (Lipinski definition) is 8. The molecule has 0 saturated carbocycles. The van der Waals surface area contributed by atoms with Gasteiger partial charge in [0.15, 0.2) is 6.61 Å². The van der Waals surface area contributed by atoms with E-state index in [4.69, 9.17) is 9.26 Å². The number of ether oxygens (including phenoxy) is 1. The number of benzene rings is 1. The molecule has 0 fully saturated rings. The smallest absolute Gasteiger partial charge is 0.349 e. The number of carbonyl (C=O) groups excluding carboxylic acids is 1. The molecule has 4 aromatic rings. The van der Waals surface area contributed by atoms with E-state index in [2.05, 4.69) is 15.1 Å². The van der Waals surface area contributed by atoms with Crippen LogP contribution in [0, 0.1) is 6.92 Å². The fourth-order valence-electron chi connectivity index (χ4n) is 3.82. The van der Waals surface area contributed by atoms with Crippen molar-refractivity contribution in [2.75, 3.05) is 0 Å². The maximum absolute atomic E-state index is 13.0. The molecule has 0 amide bonds. The van der Waals surface area contributed by atoms with Gasteiger partial charge in [-0.3, -0.25) is 9.36 Å². The summed E-state index contributed by atoms with van der Waals surface area (Å²) in [5.41, 5.74) is 1.35. The first-order valence-corrected chi connectivity index (χ1v) is 11.0. The van der Waals surface area contributed by atoms with Crippen LogP contribution in [0.3, 0.4) is 0 Å². The van der Waals surface area contributed by atoms with Gasteiger partial charge in [0.2, 0.25) is 5.82 Å². The first kappa shape index (κ1) is 19.6. The molecule has 0 radical (unpaired) electrons. The second-order valence-electron chi connectivity index (χ2n) is 7.49. The van der Waals surface area contributed by atoms with E-state index in [0.29, 0.717) is 33.0 Å². The number of nitrogens with zero attached hydrogens (tertiary/aromatic N) is 4. The number of aromatic nitrogens is 4. The number of carbonyl (C=O) groups is 1. The van der Waals surface area contributed by atoms with Crippen LogP contribution < -0.4 is 5.56 Å². The van der Waals surface area contributed by atoms with E-state index in [1.807, 2.05) is 30.3 Å². The van der Waals surface area contributed by atoms with Crippen LogP contribution in [-0.4, -0.2) is 25.7 Å². The Morgan fingerprint density at radius 2 is 2.03 bits per heavy atom. The summed E-state index contributed by atoms with van der Waals surface area (Å²) in [4.78, 5) is 35.7. The van der Waals surface area contributed by atoms with Crippen molar-refractivity contribution in [1.29, 1.82) is 0 Å². The van der Waals surface area contributed by atoms with Gasteiger partial charge < -0.3 is 9.26 Å². The fraction of sp³-hybridized carbons (Fsp3) is 0.318. The molecule has 0 unspecified atom stereocenters. The van der Waals surface area contributed by atoms with Crippen molar-refractivity contribution in [1.82, 2.24) is 19.7 Å². The zero-order chi connectivity index (χ0) is 21.4. The second-order valence-corrected chi connectivity index (χ2v) is 8.48. The van der Waals surface area contributed by atoms with Crippen molar-refractivity contribution in [2.45, 2.75) is 45.8 Å². The Bertz CT molecular complexity index is 1320. The number of fused-ring (bicyclic) bond motifs is 2. The van der Waals surface area contributed by atoms with E-state index in [1.54, 1.807) is 11.5 Å². The Kier molecular flexibility index (Phi) is 5.11. The molecule has 158 valence electrons. The average Bonchev–Trinajstić information content (AvgIpc) is 3.30. The van der Waals surface area contributed by atoms with E-state index in [1.165, 1.54) is 11.3 Å². The summed E-state index contributed by atoms with van der Waals surface area (Å²) in [6.07, 6.45) is 3.86. The van der Waals surface area contributed by atoms with Gasteiger partial charge in [-0.2, -0.15) is 4.98 Å². The molecule has 5 rings (SSSR count). The van der Waals surface area contributed by atoms with Gasteiger partial charge in [0, 0.05) is 18.5 Å². The first-order valence-electron chi connectivity index (χ1n) is 10.2. The highest BCUT2D eigenvalue weighted by molar-refractivity contribution is 7.20. The largest absolute Gasteiger partial charge is 0.451 e. The molecule has 4 heterocycles. The van der Waals surface area contributed by atoms with Gasteiger partial charge in [0.05, 0.1) is 5.39 Å². The average molecular weight is 436 g/mol. The van der Waals surface area contributed by atoms with Crippen molar-refractivity contribution < 1.29 is 14.1 Å². The monoisotopic (exact) mass is 436 g/mol. The van der Waals surface area contributed by atoms with Gasteiger partial charge in [-0.1, -0.05) is 41.9 Å². The normalized spacial score (nSPS) is 13.7. The number of hydrogen-bond donors (Lipinski definition) is 0. The van der Waals surface area contributed by atoms with E-state index in [-0.39, 0.29) is 18.1 Å². The summed E-state index contributed by atoms with van der Waals surface area (Å²) in [6.45, 7) is 2.30. The van der Waals surface area contributed by atoms with Crippen LogP contribution in [0.5, 0.6) is 0 Å². The van der Waals surface area contributed by atoms with Crippen LogP contribution >= 0.6 is 11.3 Å². The van der Waals surface area contributed by atoms with E-state index in [9.17, 15) is 9.59 Å². The predicted molar refractivity (Wildman–Crippen MR) is 115 cm³/mol. The van der Waals surface area contributed by atoms with Crippen LogP contribution in [0.25, 0.3) is 21.6 Å². The molecule has 0 aliphatic carbocycles. The first-order chi connectivity index (χ1) is 15.1. The van der Waals surface area contributed by atoms with Crippen molar-refractivity contribution in [3.8, 4) is 11.4 Å². The molecule has 1 aromatic carbocycles. The van der Waals surface area contributed by atoms with Crippen LogP contribution in [-0.2, 0) is 24.3 Å². The summed E-state index contributed by atoms with van der Waals surface area (Å²) in [7, 11) is 0. The lowest BCUT2D eigenvalue weighted by molar-refractivity contribution is 0.0435. The molecule has 0 saturated heterocycles. The van der Waals surface area contributed by atoms with Crippen LogP contribution in [0.2, 0.25) is 0 Å². The van der Waals surface area contributed by atoms with Crippen molar-refractivity contribution in [3.63, 3.8) is 0 Å². The zero-order valence-corrected chi connectivity index (χ0v) is 17.8. The standard InChI is InChI=1S/C22H20N4O4S/c1-13-17-20(23-15-10-6-3-7-11-26(15)21(17)27)31-18(13)22(28)29-12-16-24-19(25-30-16)14-8-4-2-5-9-14/h2,4-5,8-9H,3,6-7,10-12H2,1H3. The minimum atomic E-state index is -0.528. The SMILES string of the molecule is Cc1c(C(=O)OCc2nc(-c3ccccc3)no2)sc2nc3n(c(=O)c12)CCCCC3. The summed E-state index contributed by atoms with van der Waals surface area (Å²) in [5, 5.41) is 4.43. The van der Waals surface area contributed by atoms with E-state index < -0.39 is 5.97 Å². The molecule has 0 bridgehead atoms. The summed E-state index contributed by atoms with van der Waals surface area (Å²) in [5.74, 6) is 0.911. The topological polar surface area (TPSA) is 100 Å². The number of aryl methyl sites for hydroxylation is 2. The number of rotatable bonds is 4. The number of esters is 1. The second kappa shape index (κ2) is 8.07. The molecule has 31 heavy (non-hydrogen) atoms. The van der Waals surface area contributed by atoms with Gasteiger partial charge in [0.25, 0.3) is 11.4 Å². The fourth-order valence-corrected chi connectivity index (χ4v) is 4.90. The maximum Gasteiger partial charge on any atom is 0.349 e. The molecule has 3 aromatic heterocycles. The van der Waals surface area contributed by atoms with Gasteiger partial charge >= 0.3 is 5.97 Å². The number of thiophene rings is 1. The van der Waals surface area contributed by atoms with Gasteiger partial charge in [-0.05, 0) is 25.3 Å². The summed E-state index contributed by atoms with van der Waals surface area (Å²) < 4.78 is 12.3. The third-order valence-electron chi connectivity index (χ3n) is 5.42. The lowest BCUT2D eigenvalue weighted by Crippen LogP contribution is -2.24. The highest BCUT2D eigenvalue weighted by atomic mass is 32.1. The van der Waals surface area contributed by atoms with E-state index in [0.717, 1.165) is 37.1 Å². The highest BCUT2D eigenvalue weighted by Crippen LogP contribution is 2.29. The molecular weight excluding hydrogens is 416 g/mol. The lowest BCUT2D eigenvalue weighted by atomic mass is 10.2. The Labute approximate surface area is 181 Å². The van der Waals surface area contributed by atoms with Crippen molar-refractivity contribution in [2.24, 2.45) is 0 Å². The van der Waals surface area contributed by atoms with Crippen LogP contribution in [0.4, 0.5) is 0 Å². The van der Waals surface area contributed by atoms with Gasteiger partial charge in [0.1, 0.15) is 15.5 Å². The van der Waals surface area contributed by atoms with Crippen LogP contribution in [0.1, 0.15) is 46.2 Å². The minimum Gasteiger partial charge on any atom is -0.451 e. The van der Waals surface area contributed by atoms with Crippen molar-refractivity contribution >= 4 is 27.5 Å². The maximum atomic E-state index is 13.0. The molecule has 8 nitrogen and oxygen atoms in total. The van der Waals surface area contributed by atoms with Crippen LogP contribution in [0.15, 0.2) is 39.6 Å². The molecular formula is C22H20N4O4S. The third-order valence-corrected chi connectivity index (χ3v) is 6.59. The Morgan fingerprint density at radius 1 is 1.19 bits per heavy atom. The lowest BCUT2D eigenvalue weighted by Gasteiger charge is -2.08.